The second kappa shape index (κ2) is 8.27. The molecule has 1 aliphatic rings. The highest BCUT2D eigenvalue weighted by molar-refractivity contribution is 6.74. The third-order valence-corrected chi connectivity index (χ3v) is 10.1. The quantitative estimate of drug-likeness (QED) is 0.717. The van der Waals surface area contributed by atoms with Gasteiger partial charge in [-0.3, -0.25) is 0 Å². The molecule has 1 N–H and O–H groups in total. The van der Waals surface area contributed by atoms with E-state index < -0.39 is 8.32 Å². The van der Waals surface area contributed by atoms with Crippen molar-refractivity contribution in [1.29, 1.82) is 0 Å². The lowest BCUT2D eigenvalue weighted by molar-refractivity contribution is 0.0667. The number of likely N-dealkylation sites (tertiary alicyclic amines) is 1. The van der Waals surface area contributed by atoms with Gasteiger partial charge in [-0.1, -0.05) is 34.6 Å². The number of nitrogens with zero attached hydrogens (tertiary/aromatic N) is 1. The van der Waals surface area contributed by atoms with Gasteiger partial charge in [-0.15, -0.1) is 0 Å². The first-order valence-corrected chi connectivity index (χ1v) is 11.9. The van der Waals surface area contributed by atoms with Crippen molar-refractivity contribution in [3.63, 3.8) is 0 Å². The molecule has 1 heterocycles. The predicted molar refractivity (Wildman–Crippen MR) is 97.7 cm³/mol. The molecule has 0 aliphatic carbocycles. The maximum atomic E-state index is 9.81. The van der Waals surface area contributed by atoms with E-state index in [0.29, 0.717) is 11.8 Å². The molecule has 0 aromatic carbocycles. The Morgan fingerprint density at radius 2 is 1.73 bits per heavy atom. The summed E-state index contributed by atoms with van der Waals surface area (Å²) >= 11 is 0. The van der Waals surface area contributed by atoms with E-state index >= 15 is 0 Å². The molecule has 1 atom stereocenters. The number of rotatable bonds is 7. The van der Waals surface area contributed by atoms with Crippen LogP contribution in [0.15, 0.2) is 0 Å². The molecule has 0 aromatic heterocycles. The molecular weight excluding hydrogens is 290 g/mol. The molecule has 0 amide bonds. The fourth-order valence-corrected chi connectivity index (χ4v) is 4.06. The summed E-state index contributed by atoms with van der Waals surface area (Å²) in [5.74, 6) is 1.68. The van der Waals surface area contributed by atoms with Crippen LogP contribution in [0.1, 0.15) is 47.5 Å². The molecule has 1 fully saturated rings. The van der Waals surface area contributed by atoms with Crippen molar-refractivity contribution in [2.24, 2.45) is 17.8 Å². The largest absolute Gasteiger partial charge is 0.416 e. The summed E-state index contributed by atoms with van der Waals surface area (Å²) in [5, 5.41) is 10.1. The number of hydrogen-bond donors (Lipinski definition) is 1. The number of aliphatic hydroxyl groups excluding tert-OH is 1. The van der Waals surface area contributed by atoms with Gasteiger partial charge in [0.15, 0.2) is 8.32 Å². The van der Waals surface area contributed by atoms with Crippen LogP contribution < -0.4 is 0 Å². The number of piperidine rings is 1. The monoisotopic (exact) mass is 329 g/mol. The molecular formula is C18H39NO2Si. The Labute approximate surface area is 139 Å². The highest BCUT2D eigenvalue weighted by Gasteiger charge is 2.38. The van der Waals surface area contributed by atoms with Gasteiger partial charge in [0.1, 0.15) is 0 Å². The van der Waals surface area contributed by atoms with E-state index in [4.69, 9.17) is 4.43 Å². The zero-order chi connectivity index (χ0) is 17.0. The van der Waals surface area contributed by atoms with Crippen LogP contribution in [-0.2, 0) is 4.43 Å². The molecule has 0 aromatic rings. The van der Waals surface area contributed by atoms with Crippen LogP contribution in [0.5, 0.6) is 0 Å². The number of aliphatic hydroxyl groups is 1. The molecule has 1 unspecified atom stereocenters. The average molecular weight is 330 g/mol. The minimum Gasteiger partial charge on any atom is -0.416 e. The third kappa shape index (κ3) is 5.95. The smallest absolute Gasteiger partial charge is 0.191 e. The highest BCUT2D eigenvalue weighted by Crippen LogP contribution is 2.37. The first-order chi connectivity index (χ1) is 10.1. The molecule has 0 spiro atoms. The van der Waals surface area contributed by atoms with Gasteiger partial charge in [0, 0.05) is 25.7 Å². The molecule has 1 aliphatic heterocycles. The fraction of sp³-hybridized carbons (Fsp3) is 1.00. The Morgan fingerprint density at radius 3 is 2.14 bits per heavy atom. The Kier molecular flexibility index (Phi) is 7.57. The molecule has 1 rings (SSSR count). The summed E-state index contributed by atoms with van der Waals surface area (Å²) < 4.78 is 6.36. The van der Waals surface area contributed by atoms with Crippen molar-refractivity contribution in [3.05, 3.63) is 0 Å². The maximum Gasteiger partial charge on any atom is 0.191 e. The molecule has 1 saturated heterocycles. The summed E-state index contributed by atoms with van der Waals surface area (Å²) in [4.78, 5) is 2.57. The van der Waals surface area contributed by atoms with Crippen molar-refractivity contribution in [2.45, 2.75) is 65.6 Å². The van der Waals surface area contributed by atoms with Gasteiger partial charge < -0.3 is 14.4 Å². The van der Waals surface area contributed by atoms with Crippen molar-refractivity contribution in [3.8, 4) is 0 Å². The highest BCUT2D eigenvalue weighted by atomic mass is 28.4. The average Bonchev–Trinajstić information content (AvgIpc) is 2.39. The summed E-state index contributed by atoms with van der Waals surface area (Å²) in [6.07, 6.45) is 2.41. The van der Waals surface area contributed by atoms with Gasteiger partial charge in [0.05, 0.1) is 0 Å². The van der Waals surface area contributed by atoms with E-state index in [2.05, 4.69) is 52.6 Å². The Bertz CT molecular complexity index is 318. The van der Waals surface area contributed by atoms with E-state index in [1.54, 1.807) is 0 Å². The second-order valence-corrected chi connectivity index (χ2v) is 13.9. The van der Waals surface area contributed by atoms with Crippen LogP contribution in [-0.4, -0.2) is 51.2 Å². The minimum atomic E-state index is -1.70. The van der Waals surface area contributed by atoms with Gasteiger partial charge in [0.25, 0.3) is 0 Å². The summed E-state index contributed by atoms with van der Waals surface area (Å²) in [6.45, 7) is 20.6. The van der Waals surface area contributed by atoms with Crippen LogP contribution in [0.25, 0.3) is 0 Å². The van der Waals surface area contributed by atoms with Crippen LogP contribution in [0, 0.1) is 17.8 Å². The second-order valence-electron chi connectivity index (χ2n) is 9.05. The molecule has 22 heavy (non-hydrogen) atoms. The van der Waals surface area contributed by atoms with Crippen LogP contribution >= 0.6 is 0 Å². The summed E-state index contributed by atoms with van der Waals surface area (Å²) in [7, 11) is -1.70. The van der Waals surface area contributed by atoms with E-state index in [1.165, 1.54) is 32.5 Å². The summed E-state index contributed by atoms with van der Waals surface area (Å²) in [5.41, 5.74) is 0. The normalized spacial score (nSPS) is 20.6. The number of hydrogen-bond acceptors (Lipinski definition) is 3. The molecule has 0 bridgehead atoms. The lowest BCUT2D eigenvalue weighted by Crippen LogP contribution is -2.44. The van der Waals surface area contributed by atoms with E-state index in [-0.39, 0.29) is 11.6 Å². The molecule has 3 nitrogen and oxygen atoms in total. The molecule has 4 heteroatoms. The first-order valence-electron chi connectivity index (χ1n) is 9.04. The van der Waals surface area contributed by atoms with E-state index in [0.717, 1.165) is 12.5 Å². The minimum absolute atomic E-state index is 0.244. The van der Waals surface area contributed by atoms with Crippen molar-refractivity contribution in [2.75, 3.05) is 32.8 Å². The van der Waals surface area contributed by atoms with Gasteiger partial charge in [-0.2, -0.15) is 0 Å². The zero-order valence-corrected chi connectivity index (χ0v) is 17.0. The van der Waals surface area contributed by atoms with Crippen LogP contribution in [0.2, 0.25) is 18.1 Å². The molecule has 132 valence electrons. The van der Waals surface area contributed by atoms with Crippen molar-refractivity contribution < 1.29 is 9.53 Å². The standard InChI is InChI=1S/C18H39NO2Si/c1-15(2)12-19-10-8-16(9-11-19)17(13-20)14-21-22(6,7)18(3,4)5/h15-17,20H,8-14H2,1-7H3. The van der Waals surface area contributed by atoms with Crippen molar-refractivity contribution in [1.82, 2.24) is 4.90 Å². The third-order valence-electron chi connectivity index (χ3n) is 5.62. The topological polar surface area (TPSA) is 32.7 Å². The predicted octanol–water partition coefficient (Wildman–Crippen LogP) is 3.98. The summed E-state index contributed by atoms with van der Waals surface area (Å²) in [6, 6.07) is 0. The van der Waals surface area contributed by atoms with Gasteiger partial charge in [0.2, 0.25) is 0 Å². The van der Waals surface area contributed by atoms with E-state index in [9.17, 15) is 5.11 Å². The lowest BCUT2D eigenvalue weighted by Gasteiger charge is -2.40. The Hall–Kier alpha value is 0.0969. The SMILES string of the molecule is CC(C)CN1CCC(C(CO)CO[Si](C)(C)C(C)(C)C)CC1. The van der Waals surface area contributed by atoms with Crippen molar-refractivity contribution >= 4 is 8.32 Å². The van der Waals surface area contributed by atoms with Gasteiger partial charge in [-0.05, 0) is 55.9 Å². The molecule has 0 radical (unpaired) electrons. The van der Waals surface area contributed by atoms with Gasteiger partial charge in [-0.25, -0.2) is 0 Å². The maximum absolute atomic E-state index is 9.81. The Morgan fingerprint density at radius 1 is 1.18 bits per heavy atom. The Balaban J connectivity index is 2.46. The van der Waals surface area contributed by atoms with Gasteiger partial charge >= 0.3 is 0 Å². The van der Waals surface area contributed by atoms with Crippen LogP contribution in [0.4, 0.5) is 0 Å². The first kappa shape index (κ1) is 20.1. The fourth-order valence-electron chi connectivity index (χ4n) is 2.99. The zero-order valence-electron chi connectivity index (χ0n) is 16.0. The van der Waals surface area contributed by atoms with E-state index in [1.807, 2.05) is 0 Å². The molecule has 0 saturated carbocycles. The van der Waals surface area contributed by atoms with Crippen LogP contribution in [0.3, 0.4) is 0 Å². The lowest BCUT2D eigenvalue weighted by atomic mass is 9.85.